The van der Waals surface area contributed by atoms with Crippen LogP contribution in [0.25, 0.3) is 10.8 Å². The molecule has 1 saturated carbocycles. The molecule has 1 saturated heterocycles. The van der Waals surface area contributed by atoms with E-state index in [1.54, 1.807) is 0 Å². The summed E-state index contributed by atoms with van der Waals surface area (Å²) in [5, 5.41) is 11.9. The van der Waals surface area contributed by atoms with E-state index in [2.05, 4.69) is 61.8 Å². The second-order valence-corrected chi connectivity index (χ2v) is 16.6. The molecule has 4 rings (SSSR count). The summed E-state index contributed by atoms with van der Waals surface area (Å²) in [6, 6.07) is 10.9. The Morgan fingerprint density at radius 1 is 1.03 bits per heavy atom. The average Bonchev–Trinajstić information content (AvgIpc) is 2.76. The summed E-state index contributed by atoms with van der Waals surface area (Å²) in [5.41, 5.74) is 3.45. The molecule has 2 aliphatic rings. The number of piperidine rings is 1. The number of fused-ring (bicyclic) bond motifs is 1. The molecule has 0 amide bonds. The number of carboxylic acid groups (broad SMARTS) is 1. The topological polar surface area (TPSA) is 49.8 Å². The number of aryl methyl sites for hydroxylation is 1. The number of carboxylic acids is 1. The van der Waals surface area contributed by atoms with Crippen molar-refractivity contribution in [2.75, 3.05) is 13.1 Å². The van der Waals surface area contributed by atoms with Crippen LogP contribution < -0.4 is 4.74 Å². The Bertz CT molecular complexity index is 951. The van der Waals surface area contributed by atoms with Crippen LogP contribution >= 0.6 is 0 Å². The van der Waals surface area contributed by atoms with E-state index in [1.807, 2.05) is 0 Å². The molecule has 1 aliphatic heterocycles. The normalized spacial score (nSPS) is 23.4. The van der Waals surface area contributed by atoms with Crippen molar-refractivity contribution in [1.29, 1.82) is 0 Å². The third-order valence-corrected chi connectivity index (χ3v) is 10.9. The van der Waals surface area contributed by atoms with E-state index >= 15 is 0 Å². The molecule has 0 spiro atoms. The summed E-state index contributed by atoms with van der Waals surface area (Å²) < 4.78 is 6.73. The van der Waals surface area contributed by atoms with Gasteiger partial charge in [0.05, 0.1) is 12.0 Å². The van der Waals surface area contributed by atoms with Crippen LogP contribution in [-0.2, 0) is 11.3 Å². The van der Waals surface area contributed by atoms with Gasteiger partial charge in [-0.1, -0.05) is 43.9 Å². The van der Waals surface area contributed by atoms with E-state index < -0.39 is 14.0 Å². The number of rotatable bonds is 6. The van der Waals surface area contributed by atoms with E-state index in [0.29, 0.717) is 6.10 Å². The molecule has 0 radical (unpaired) electrons. The SMILES string of the molecule is Cc1cc(O[C@H]2CC[C@H]([Si](C)(C)C)CC2)c(CN2CCC(C(=O)O)CC2)c2ccccc12. The van der Waals surface area contributed by atoms with Crippen LogP contribution in [0.2, 0.25) is 25.2 Å². The van der Waals surface area contributed by atoms with Gasteiger partial charge < -0.3 is 9.84 Å². The Kier molecular flexibility index (Phi) is 6.96. The number of carbonyl (C=O) groups is 1. The van der Waals surface area contributed by atoms with Crippen LogP contribution in [0.5, 0.6) is 5.75 Å². The molecule has 0 bridgehead atoms. The van der Waals surface area contributed by atoms with Gasteiger partial charge in [-0.15, -0.1) is 0 Å². The van der Waals surface area contributed by atoms with E-state index in [-0.39, 0.29) is 5.92 Å². The van der Waals surface area contributed by atoms with Crippen molar-refractivity contribution in [3.05, 3.63) is 41.5 Å². The Morgan fingerprint density at radius 2 is 1.66 bits per heavy atom. The second-order valence-electron chi connectivity index (χ2n) is 11.1. The minimum atomic E-state index is -1.08. The number of likely N-dealkylation sites (tertiary alicyclic amines) is 1. The molecule has 2 aromatic rings. The number of aliphatic carboxylic acids is 1. The molecular weight excluding hydrogens is 414 g/mol. The lowest BCUT2D eigenvalue weighted by molar-refractivity contribution is -0.143. The molecule has 0 atom stereocenters. The van der Waals surface area contributed by atoms with Crippen molar-refractivity contribution in [3.8, 4) is 5.75 Å². The first kappa shape index (κ1) is 23.3. The lowest BCUT2D eigenvalue weighted by atomic mass is 9.94. The Balaban J connectivity index is 1.55. The highest BCUT2D eigenvalue weighted by Crippen LogP contribution is 2.40. The van der Waals surface area contributed by atoms with Crippen LogP contribution in [0, 0.1) is 12.8 Å². The van der Waals surface area contributed by atoms with Crippen LogP contribution in [0.4, 0.5) is 0 Å². The van der Waals surface area contributed by atoms with Gasteiger partial charge >= 0.3 is 5.97 Å². The van der Waals surface area contributed by atoms with Crippen LogP contribution in [0.15, 0.2) is 30.3 Å². The second kappa shape index (κ2) is 9.56. The van der Waals surface area contributed by atoms with Gasteiger partial charge in [0.2, 0.25) is 0 Å². The zero-order chi connectivity index (χ0) is 22.9. The highest BCUT2D eigenvalue weighted by molar-refractivity contribution is 6.77. The van der Waals surface area contributed by atoms with Crippen molar-refractivity contribution < 1.29 is 14.6 Å². The third kappa shape index (κ3) is 5.20. The fourth-order valence-corrected chi connectivity index (χ4v) is 7.71. The Hall–Kier alpha value is -1.85. The molecule has 1 aliphatic carbocycles. The summed E-state index contributed by atoms with van der Waals surface area (Å²) in [5.74, 6) is 0.194. The number of hydrogen-bond donors (Lipinski definition) is 1. The highest BCUT2D eigenvalue weighted by atomic mass is 28.3. The van der Waals surface area contributed by atoms with E-state index in [9.17, 15) is 9.90 Å². The predicted molar refractivity (Wildman–Crippen MR) is 134 cm³/mol. The van der Waals surface area contributed by atoms with Gasteiger partial charge in [0.1, 0.15) is 5.75 Å². The first-order chi connectivity index (χ1) is 15.2. The van der Waals surface area contributed by atoms with Crippen molar-refractivity contribution in [2.24, 2.45) is 5.92 Å². The fraction of sp³-hybridized carbons (Fsp3) is 0.593. The molecule has 1 heterocycles. The standard InChI is InChI=1S/C27H39NO3Si/c1-19-17-26(31-21-9-11-22(12-10-21)32(2,3)4)25(24-8-6-5-7-23(19)24)18-28-15-13-20(14-16-28)27(29)30/h5-8,17,20-22H,9-16,18H2,1-4H3,(H,29,30)/t21-,22-. The number of nitrogens with zero attached hydrogens (tertiary/aromatic N) is 1. The zero-order valence-electron chi connectivity index (χ0n) is 20.2. The average molecular weight is 454 g/mol. The Morgan fingerprint density at radius 3 is 2.25 bits per heavy atom. The number of ether oxygens (including phenoxy) is 1. The third-order valence-electron chi connectivity index (χ3n) is 7.83. The summed E-state index contributed by atoms with van der Waals surface area (Å²) in [7, 11) is -1.08. The Labute approximate surface area is 194 Å². The van der Waals surface area contributed by atoms with Gasteiger partial charge in [-0.3, -0.25) is 9.69 Å². The fourth-order valence-electron chi connectivity index (χ4n) is 5.64. The molecule has 32 heavy (non-hydrogen) atoms. The quantitative estimate of drug-likeness (QED) is 0.509. The minimum absolute atomic E-state index is 0.196. The lowest BCUT2D eigenvalue weighted by Crippen LogP contribution is -2.36. The summed E-state index contributed by atoms with van der Waals surface area (Å²) in [6.07, 6.45) is 6.68. The van der Waals surface area contributed by atoms with Crippen molar-refractivity contribution in [1.82, 2.24) is 4.90 Å². The van der Waals surface area contributed by atoms with Gasteiger partial charge in [-0.25, -0.2) is 0 Å². The van der Waals surface area contributed by atoms with Gasteiger partial charge in [-0.2, -0.15) is 0 Å². The van der Waals surface area contributed by atoms with Crippen molar-refractivity contribution in [2.45, 2.75) is 83.3 Å². The molecule has 4 nitrogen and oxygen atoms in total. The monoisotopic (exact) mass is 453 g/mol. The molecule has 0 aromatic heterocycles. The summed E-state index contributed by atoms with van der Waals surface area (Å²) in [6.45, 7) is 12.2. The first-order valence-corrected chi connectivity index (χ1v) is 15.9. The molecule has 174 valence electrons. The maximum absolute atomic E-state index is 11.4. The van der Waals surface area contributed by atoms with Gasteiger partial charge in [0, 0.05) is 20.2 Å². The van der Waals surface area contributed by atoms with E-state index in [0.717, 1.165) is 56.6 Å². The maximum atomic E-state index is 11.4. The van der Waals surface area contributed by atoms with Crippen LogP contribution in [0.1, 0.15) is 49.7 Å². The van der Waals surface area contributed by atoms with E-state index in [1.165, 1.54) is 34.7 Å². The maximum Gasteiger partial charge on any atom is 0.306 e. The molecule has 5 heteroatoms. The number of hydrogen-bond acceptors (Lipinski definition) is 3. The molecule has 1 N–H and O–H groups in total. The molecular formula is C27H39NO3Si. The summed E-state index contributed by atoms with van der Waals surface area (Å²) >= 11 is 0. The summed E-state index contributed by atoms with van der Waals surface area (Å²) in [4.78, 5) is 13.8. The van der Waals surface area contributed by atoms with Crippen LogP contribution in [-0.4, -0.2) is 43.2 Å². The van der Waals surface area contributed by atoms with E-state index in [4.69, 9.17) is 4.74 Å². The largest absolute Gasteiger partial charge is 0.490 e. The lowest BCUT2D eigenvalue weighted by Gasteiger charge is -2.36. The van der Waals surface area contributed by atoms with Gasteiger partial charge in [-0.05, 0) is 86.5 Å². The first-order valence-electron chi connectivity index (χ1n) is 12.4. The minimum Gasteiger partial charge on any atom is -0.490 e. The molecule has 2 aromatic carbocycles. The van der Waals surface area contributed by atoms with Gasteiger partial charge in [0.25, 0.3) is 0 Å². The van der Waals surface area contributed by atoms with Gasteiger partial charge in [0.15, 0.2) is 0 Å². The zero-order valence-corrected chi connectivity index (χ0v) is 21.2. The molecule has 0 unspecified atom stereocenters. The van der Waals surface area contributed by atoms with Crippen molar-refractivity contribution in [3.63, 3.8) is 0 Å². The highest BCUT2D eigenvalue weighted by Gasteiger charge is 2.32. The van der Waals surface area contributed by atoms with Crippen LogP contribution in [0.3, 0.4) is 0 Å². The van der Waals surface area contributed by atoms with Crippen molar-refractivity contribution >= 4 is 24.8 Å². The predicted octanol–water partition coefficient (Wildman–Crippen LogP) is 6.47. The number of benzene rings is 2. The smallest absolute Gasteiger partial charge is 0.306 e. The molecule has 2 fully saturated rings.